The van der Waals surface area contributed by atoms with E-state index in [2.05, 4.69) is 15.4 Å². The molecule has 3 rings (SSSR count). The van der Waals surface area contributed by atoms with Crippen molar-refractivity contribution >= 4 is 26.6 Å². The molecule has 0 saturated carbocycles. The van der Waals surface area contributed by atoms with E-state index in [-0.39, 0.29) is 0 Å². The Morgan fingerprint density at radius 2 is 1.88 bits per heavy atom. The minimum absolute atomic E-state index is 0.982. The number of hydrogen-bond acceptors (Lipinski definition) is 4. The van der Waals surface area contributed by atoms with Crippen LogP contribution in [0.4, 0.5) is 5.69 Å². The third kappa shape index (κ3) is 1.89. The number of para-hydroxylation sites is 1. The highest BCUT2D eigenvalue weighted by Gasteiger charge is 2.03. The molecule has 1 aromatic carbocycles. The van der Waals surface area contributed by atoms with Crippen molar-refractivity contribution in [3.63, 3.8) is 0 Å². The van der Waals surface area contributed by atoms with Crippen molar-refractivity contribution in [3.05, 3.63) is 53.9 Å². The van der Waals surface area contributed by atoms with E-state index in [0.29, 0.717) is 0 Å². The monoisotopic (exact) mass is 244 g/mol. The summed E-state index contributed by atoms with van der Waals surface area (Å²) in [5.74, 6) is 0. The van der Waals surface area contributed by atoms with Crippen molar-refractivity contribution < 1.29 is 0 Å². The summed E-state index contributed by atoms with van der Waals surface area (Å²) in [7, 11) is 3.20. The molecule has 78 valence electrons. The largest absolute Gasteiger partial charge is 0.249 e. The average Bonchev–Trinajstić information content (AvgIpc) is 2.77. The van der Waals surface area contributed by atoms with Crippen molar-refractivity contribution in [2.24, 2.45) is 4.99 Å². The molecule has 4 heteroatoms. The van der Waals surface area contributed by atoms with Crippen molar-refractivity contribution in [1.82, 2.24) is 4.37 Å². The van der Waals surface area contributed by atoms with Gasteiger partial charge >= 0.3 is 0 Å². The summed E-state index contributed by atoms with van der Waals surface area (Å²) in [4.78, 5) is 5.75. The van der Waals surface area contributed by atoms with E-state index in [4.69, 9.17) is 0 Å². The first-order valence-corrected chi connectivity index (χ1v) is 6.98. The molecule has 0 saturated heterocycles. The minimum atomic E-state index is 0.982. The highest BCUT2D eigenvalue weighted by Crippen LogP contribution is 2.26. The maximum Gasteiger partial charge on any atom is 0.0951 e. The van der Waals surface area contributed by atoms with Gasteiger partial charge in [0.15, 0.2) is 0 Å². The highest BCUT2D eigenvalue weighted by molar-refractivity contribution is 7.68. The predicted molar refractivity (Wildman–Crippen MR) is 68.3 cm³/mol. The number of fused-ring (bicyclic) bond motifs is 1. The Balaban J connectivity index is 2.13. The maximum atomic E-state index is 4.55. The first kappa shape index (κ1) is 9.69. The van der Waals surface area contributed by atoms with Crippen LogP contribution in [0.5, 0.6) is 0 Å². The molecule has 1 aromatic rings. The molecule has 1 aliphatic heterocycles. The number of benzene rings is 2. The fourth-order valence-corrected chi connectivity index (χ4v) is 3.24. The van der Waals surface area contributed by atoms with Gasteiger partial charge in [-0.3, -0.25) is 0 Å². The Morgan fingerprint density at radius 1 is 1.00 bits per heavy atom. The Hall–Kier alpha value is -1.52. The molecule has 0 N–H and O–H groups in total. The topological polar surface area (TPSA) is 25.2 Å². The summed E-state index contributed by atoms with van der Waals surface area (Å²) in [6.45, 7) is 0. The van der Waals surface area contributed by atoms with Crippen LogP contribution in [0.1, 0.15) is 0 Å². The smallest absolute Gasteiger partial charge is 0.0951 e. The van der Waals surface area contributed by atoms with E-state index in [1.807, 2.05) is 42.5 Å². The summed E-state index contributed by atoms with van der Waals surface area (Å²) in [5.41, 5.74) is 2.04. The molecule has 0 aromatic heterocycles. The second-order valence-electron chi connectivity index (χ2n) is 3.35. The average molecular weight is 244 g/mol. The van der Waals surface area contributed by atoms with Crippen molar-refractivity contribution in [1.29, 1.82) is 0 Å². The summed E-state index contributed by atoms with van der Waals surface area (Å²) in [5, 5.41) is 0.982. The number of aromatic nitrogens is 1. The molecule has 0 radical (unpaired) electrons. The lowest BCUT2D eigenvalue weighted by molar-refractivity contribution is 1.34. The van der Waals surface area contributed by atoms with Crippen molar-refractivity contribution in [2.75, 3.05) is 0 Å². The second kappa shape index (κ2) is 4.15. The Bertz CT molecular complexity index is 625. The molecule has 0 amide bonds. The molecule has 0 unspecified atom stereocenters. The Morgan fingerprint density at radius 3 is 2.75 bits per heavy atom. The third-order valence-electron chi connectivity index (χ3n) is 2.22. The molecule has 1 heterocycles. The lowest BCUT2D eigenvalue weighted by Crippen LogP contribution is -1.98. The maximum absolute atomic E-state index is 4.55. The number of nitrogens with zero attached hydrogens (tertiary/aromatic N) is 2. The molecule has 0 fully saturated rings. The fraction of sp³-hybridized carbons (Fsp3) is 0. The number of rotatable bonds is 1. The molecule has 2 aliphatic rings. The normalized spacial score (nSPS) is 12.1. The minimum Gasteiger partial charge on any atom is -0.249 e. The van der Waals surface area contributed by atoms with Crippen LogP contribution in [0.15, 0.2) is 53.5 Å². The SMILES string of the molecule is c1ccc(N=c2ccc3nssc-3c2)cc1. The summed E-state index contributed by atoms with van der Waals surface area (Å²) in [6, 6.07) is 16.1. The van der Waals surface area contributed by atoms with Crippen molar-refractivity contribution in [2.45, 2.75) is 0 Å². The lowest BCUT2D eigenvalue weighted by Gasteiger charge is -1.94. The summed E-state index contributed by atoms with van der Waals surface area (Å²) in [6.07, 6.45) is 0. The van der Waals surface area contributed by atoms with E-state index in [1.54, 1.807) is 10.3 Å². The van der Waals surface area contributed by atoms with Gasteiger partial charge in [-0.1, -0.05) is 28.5 Å². The molecule has 1 aliphatic carbocycles. The first-order valence-electron chi connectivity index (χ1n) is 4.87. The highest BCUT2D eigenvalue weighted by atomic mass is 32.9. The van der Waals surface area contributed by atoms with E-state index in [9.17, 15) is 0 Å². The molecular formula is C12H8N2S2. The standard InChI is InChI=1S/C12H8N2S2/c1-2-4-9(5-3-1)13-10-6-7-11-12(8-10)15-16-14-11/h1-8H. The van der Waals surface area contributed by atoms with Gasteiger partial charge in [-0.15, -0.1) is 0 Å². The zero-order valence-electron chi connectivity index (χ0n) is 8.33. The van der Waals surface area contributed by atoms with E-state index >= 15 is 0 Å². The summed E-state index contributed by atoms with van der Waals surface area (Å²) < 4.78 is 4.29. The van der Waals surface area contributed by atoms with E-state index in [0.717, 1.165) is 16.7 Å². The van der Waals surface area contributed by atoms with E-state index in [1.165, 1.54) is 15.4 Å². The molecule has 0 bridgehead atoms. The van der Waals surface area contributed by atoms with Crippen LogP contribution in [-0.4, -0.2) is 4.37 Å². The van der Waals surface area contributed by atoms with Crippen LogP contribution in [0.3, 0.4) is 0 Å². The van der Waals surface area contributed by atoms with Crippen LogP contribution in [0.2, 0.25) is 0 Å². The van der Waals surface area contributed by atoms with Gasteiger partial charge in [0.2, 0.25) is 0 Å². The predicted octanol–water partition coefficient (Wildman–Crippen LogP) is 3.54. The Kier molecular flexibility index (Phi) is 2.52. The van der Waals surface area contributed by atoms with Gasteiger partial charge < -0.3 is 0 Å². The zero-order chi connectivity index (χ0) is 10.8. The van der Waals surface area contributed by atoms with Crippen LogP contribution in [-0.2, 0) is 0 Å². The van der Waals surface area contributed by atoms with Crippen LogP contribution < -0.4 is 5.36 Å². The van der Waals surface area contributed by atoms with Crippen LogP contribution >= 0.6 is 20.9 Å². The zero-order valence-corrected chi connectivity index (χ0v) is 9.96. The Labute approximate surface area is 100 Å². The van der Waals surface area contributed by atoms with Gasteiger partial charge in [0.05, 0.1) is 21.6 Å². The van der Waals surface area contributed by atoms with Crippen LogP contribution in [0, 0.1) is 0 Å². The van der Waals surface area contributed by atoms with Gasteiger partial charge in [-0.2, -0.15) is 4.37 Å². The van der Waals surface area contributed by atoms with Crippen LogP contribution in [0.25, 0.3) is 10.6 Å². The molecule has 0 atom stereocenters. The number of hydrogen-bond donors (Lipinski definition) is 0. The first-order chi connectivity index (χ1) is 7.92. The molecule has 2 nitrogen and oxygen atoms in total. The molecule has 0 spiro atoms. The molecule has 16 heavy (non-hydrogen) atoms. The second-order valence-corrected chi connectivity index (χ2v) is 5.23. The quantitative estimate of drug-likeness (QED) is 0.601. The third-order valence-corrected chi connectivity index (χ3v) is 4.06. The van der Waals surface area contributed by atoms with E-state index < -0.39 is 0 Å². The summed E-state index contributed by atoms with van der Waals surface area (Å²) >= 11 is 0. The molecular weight excluding hydrogens is 236 g/mol. The van der Waals surface area contributed by atoms with Crippen molar-refractivity contribution in [3.8, 4) is 10.6 Å². The van der Waals surface area contributed by atoms with Gasteiger partial charge in [0, 0.05) is 10.5 Å². The van der Waals surface area contributed by atoms with Gasteiger partial charge in [-0.25, -0.2) is 4.99 Å². The lowest BCUT2D eigenvalue weighted by atomic mass is 10.2. The van der Waals surface area contributed by atoms with Gasteiger partial charge in [0.25, 0.3) is 0 Å². The van der Waals surface area contributed by atoms with Gasteiger partial charge in [-0.05, 0) is 30.3 Å². The fourth-order valence-electron chi connectivity index (χ4n) is 1.47. The van der Waals surface area contributed by atoms with Gasteiger partial charge in [0.1, 0.15) is 0 Å².